The molecule has 4 aromatic rings. The number of carboxylic acids is 1. The predicted octanol–water partition coefficient (Wildman–Crippen LogP) is 5.04. The number of hydrogen-bond acceptors (Lipinski definition) is 8. The van der Waals surface area contributed by atoms with Gasteiger partial charge in [0.25, 0.3) is 0 Å². The van der Waals surface area contributed by atoms with E-state index in [1.54, 1.807) is 18.2 Å². The number of carbonyl (C=O) groups is 1. The minimum atomic E-state index is -0.820. The number of fused-ring (bicyclic) bond motifs is 5. The second kappa shape index (κ2) is 10.6. The van der Waals surface area contributed by atoms with Crippen LogP contribution in [0.2, 0.25) is 0 Å². The van der Waals surface area contributed by atoms with Gasteiger partial charge in [-0.05, 0) is 86.1 Å². The van der Waals surface area contributed by atoms with Gasteiger partial charge in [-0.2, -0.15) is 9.97 Å². The van der Waals surface area contributed by atoms with Gasteiger partial charge in [0.1, 0.15) is 23.7 Å². The standard InChI is InChI=1S/C34H36FN5O4/c35-30-26(28-16-24(41)15-21-5-1-2-6-25(21)28)9-10-27-31(30)36-33(44-20-34-11-3-13-39(34)14-4-12-34)37-32(27)38-17-22-7-8-23(18-38)40(22)19-29(42)43/h1-2,5-6,9-10,15-16,22-23,41H,3-4,7-8,11-14,17-20H2,(H,42,43)/t22-,23+. The minimum Gasteiger partial charge on any atom is -0.508 e. The molecule has 0 aliphatic carbocycles. The highest BCUT2D eigenvalue weighted by molar-refractivity contribution is 6.01. The van der Waals surface area contributed by atoms with Gasteiger partial charge in [-0.3, -0.25) is 14.6 Å². The molecule has 0 amide bonds. The van der Waals surface area contributed by atoms with Gasteiger partial charge in [0, 0.05) is 36.1 Å². The van der Waals surface area contributed by atoms with E-state index in [0.717, 1.165) is 62.4 Å². The van der Waals surface area contributed by atoms with Gasteiger partial charge >= 0.3 is 12.0 Å². The number of rotatable bonds is 7. The summed E-state index contributed by atoms with van der Waals surface area (Å²) < 4.78 is 23.1. The molecule has 4 aliphatic rings. The number of nitrogens with zero attached hydrogens (tertiary/aromatic N) is 5. The van der Waals surface area contributed by atoms with Crippen molar-refractivity contribution in [1.82, 2.24) is 19.8 Å². The lowest BCUT2D eigenvalue weighted by Crippen LogP contribution is -2.55. The summed E-state index contributed by atoms with van der Waals surface area (Å²) in [4.78, 5) is 27.9. The Kier molecular flexibility index (Phi) is 6.60. The van der Waals surface area contributed by atoms with Crippen LogP contribution in [0.4, 0.5) is 10.2 Å². The van der Waals surface area contributed by atoms with Gasteiger partial charge in [-0.15, -0.1) is 0 Å². The van der Waals surface area contributed by atoms with Crippen molar-refractivity contribution in [2.75, 3.05) is 44.2 Å². The fourth-order valence-corrected chi connectivity index (χ4v) is 8.39. The summed E-state index contributed by atoms with van der Waals surface area (Å²) in [5.74, 6) is -0.617. The Balaban J connectivity index is 1.22. The Hall–Kier alpha value is -4.02. The highest BCUT2D eigenvalue weighted by Gasteiger charge is 2.45. The first kappa shape index (κ1) is 27.5. The largest absolute Gasteiger partial charge is 0.508 e. The van der Waals surface area contributed by atoms with Crippen LogP contribution in [0.3, 0.4) is 0 Å². The van der Waals surface area contributed by atoms with Crippen molar-refractivity contribution in [1.29, 1.82) is 0 Å². The lowest BCUT2D eigenvalue weighted by atomic mass is 9.95. The number of carboxylic acid groups (broad SMARTS) is 1. The molecular formula is C34H36FN5O4. The second-order valence-electron chi connectivity index (χ2n) is 12.9. The van der Waals surface area contributed by atoms with Crippen LogP contribution in [0.15, 0.2) is 48.5 Å². The maximum Gasteiger partial charge on any atom is 0.319 e. The maximum absolute atomic E-state index is 16.7. The van der Waals surface area contributed by atoms with Crippen molar-refractivity contribution in [3.63, 3.8) is 0 Å². The molecule has 4 fully saturated rings. The van der Waals surface area contributed by atoms with Crippen molar-refractivity contribution in [3.8, 4) is 22.9 Å². The molecule has 2 atom stereocenters. The topological polar surface area (TPSA) is 102 Å². The van der Waals surface area contributed by atoms with Gasteiger partial charge in [-0.25, -0.2) is 4.39 Å². The van der Waals surface area contributed by atoms with Crippen LogP contribution >= 0.6 is 0 Å². The molecule has 0 unspecified atom stereocenters. The van der Waals surface area contributed by atoms with Crippen LogP contribution in [-0.2, 0) is 4.79 Å². The number of anilines is 1. The SMILES string of the molecule is O=C(O)CN1[C@@H]2CC[C@H]1CN(c1nc(OCC34CCCN3CCC4)nc3c(F)c(-c4cc(O)cc5ccccc45)ccc13)C2. The van der Waals surface area contributed by atoms with Gasteiger partial charge in [0.05, 0.1) is 12.1 Å². The molecule has 3 aromatic carbocycles. The summed E-state index contributed by atoms with van der Waals surface area (Å²) in [6.45, 7) is 3.85. The summed E-state index contributed by atoms with van der Waals surface area (Å²) in [5.41, 5.74) is 1.11. The van der Waals surface area contributed by atoms with Gasteiger partial charge in [0.15, 0.2) is 5.82 Å². The Labute approximate surface area is 254 Å². The van der Waals surface area contributed by atoms with Crippen LogP contribution in [0.25, 0.3) is 32.8 Å². The number of aliphatic carboxylic acids is 1. The zero-order valence-corrected chi connectivity index (χ0v) is 24.6. The fraction of sp³-hybridized carbons (Fsp3) is 0.441. The molecule has 0 spiro atoms. The van der Waals surface area contributed by atoms with E-state index in [2.05, 4.69) is 14.7 Å². The number of hydrogen-bond donors (Lipinski definition) is 2. The third-order valence-corrected chi connectivity index (χ3v) is 10.4. The molecule has 1 aromatic heterocycles. The number of aromatic hydroxyl groups is 1. The molecule has 4 aliphatic heterocycles. The molecule has 9 nitrogen and oxygen atoms in total. The Morgan fingerprint density at radius 1 is 0.977 bits per heavy atom. The number of phenolic OH excluding ortho intramolecular Hbond substituents is 1. The van der Waals surface area contributed by atoms with E-state index in [4.69, 9.17) is 14.7 Å². The molecule has 4 saturated heterocycles. The van der Waals surface area contributed by atoms with Crippen molar-refractivity contribution in [3.05, 3.63) is 54.3 Å². The molecule has 44 heavy (non-hydrogen) atoms. The molecule has 0 radical (unpaired) electrons. The normalized spacial score (nSPS) is 23.1. The van der Waals surface area contributed by atoms with Crippen molar-refractivity contribution < 1.29 is 24.1 Å². The molecule has 5 heterocycles. The van der Waals surface area contributed by atoms with E-state index in [1.807, 2.05) is 30.3 Å². The third kappa shape index (κ3) is 4.54. The maximum atomic E-state index is 16.7. The minimum absolute atomic E-state index is 0.0130. The zero-order chi connectivity index (χ0) is 30.0. The lowest BCUT2D eigenvalue weighted by Gasteiger charge is -2.41. The highest BCUT2D eigenvalue weighted by Crippen LogP contribution is 2.42. The van der Waals surface area contributed by atoms with Crippen LogP contribution in [0.5, 0.6) is 11.8 Å². The van der Waals surface area contributed by atoms with Crippen LogP contribution in [0, 0.1) is 5.82 Å². The first-order valence-corrected chi connectivity index (χ1v) is 15.7. The molecule has 8 rings (SSSR count). The summed E-state index contributed by atoms with van der Waals surface area (Å²) in [6, 6.07) is 14.9. The van der Waals surface area contributed by atoms with E-state index >= 15 is 4.39 Å². The summed E-state index contributed by atoms with van der Waals surface area (Å²) in [7, 11) is 0. The quantitative estimate of drug-likeness (QED) is 0.303. The van der Waals surface area contributed by atoms with Gasteiger partial charge in [0.2, 0.25) is 0 Å². The lowest BCUT2D eigenvalue weighted by molar-refractivity contribution is -0.139. The second-order valence-corrected chi connectivity index (χ2v) is 12.9. The Morgan fingerprint density at radius 3 is 2.48 bits per heavy atom. The van der Waals surface area contributed by atoms with Crippen LogP contribution < -0.4 is 9.64 Å². The van der Waals surface area contributed by atoms with E-state index in [0.29, 0.717) is 42.0 Å². The van der Waals surface area contributed by atoms with Crippen molar-refractivity contribution in [2.45, 2.75) is 56.1 Å². The molecule has 228 valence electrons. The highest BCUT2D eigenvalue weighted by atomic mass is 19.1. The van der Waals surface area contributed by atoms with E-state index in [-0.39, 0.29) is 41.4 Å². The zero-order valence-electron chi connectivity index (χ0n) is 24.6. The van der Waals surface area contributed by atoms with Crippen molar-refractivity contribution >= 4 is 33.5 Å². The number of halogens is 1. The fourth-order valence-electron chi connectivity index (χ4n) is 8.39. The molecule has 0 saturated carbocycles. The van der Waals surface area contributed by atoms with E-state index < -0.39 is 11.8 Å². The van der Waals surface area contributed by atoms with Crippen LogP contribution in [-0.4, -0.2) is 92.9 Å². The number of ether oxygens (including phenoxy) is 1. The average molecular weight is 598 g/mol. The molecular weight excluding hydrogens is 561 g/mol. The van der Waals surface area contributed by atoms with Crippen LogP contribution in [0.1, 0.15) is 38.5 Å². The van der Waals surface area contributed by atoms with Gasteiger partial charge in [-0.1, -0.05) is 30.3 Å². The first-order chi connectivity index (χ1) is 21.4. The summed E-state index contributed by atoms with van der Waals surface area (Å²) in [5, 5.41) is 22.2. The number of piperazine rings is 1. The average Bonchev–Trinajstić information content (AvgIpc) is 3.65. The number of phenols is 1. The Bertz CT molecular complexity index is 1760. The monoisotopic (exact) mass is 597 g/mol. The van der Waals surface area contributed by atoms with Gasteiger partial charge < -0.3 is 19.8 Å². The summed E-state index contributed by atoms with van der Waals surface area (Å²) >= 11 is 0. The summed E-state index contributed by atoms with van der Waals surface area (Å²) in [6.07, 6.45) is 6.28. The van der Waals surface area contributed by atoms with Crippen molar-refractivity contribution in [2.24, 2.45) is 0 Å². The number of aromatic nitrogens is 2. The molecule has 10 heteroatoms. The third-order valence-electron chi connectivity index (χ3n) is 10.4. The van der Waals surface area contributed by atoms with E-state index in [9.17, 15) is 15.0 Å². The predicted molar refractivity (Wildman–Crippen MR) is 166 cm³/mol. The first-order valence-electron chi connectivity index (χ1n) is 15.7. The smallest absolute Gasteiger partial charge is 0.319 e. The number of benzene rings is 3. The van der Waals surface area contributed by atoms with E-state index in [1.165, 1.54) is 0 Å². The molecule has 2 N–H and O–H groups in total. The Morgan fingerprint density at radius 2 is 1.73 bits per heavy atom. The molecule has 2 bridgehead atoms.